The van der Waals surface area contributed by atoms with Crippen molar-refractivity contribution >= 4 is 33.7 Å². The van der Waals surface area contributed by atoms with Gasteiger partial charge in [-0.05, 0) is 35.6 Å². The monoisotopic (exact) mass is 339 g/mol. The summed E-state index contributed by atoms with van der Waals surface area (Å²) in [6, 6.07) is 12.1. The molecule has 6 heteroatoms. The molecule has 3 heterocycles. The van der Waals surface area contributed by atoms with Crippen molar-refractivity contribution in [1.82, 2.24) is 14.6 Å². The zero-order chi connectivity index (χ0) is 15.8. The van der Waals surface area contributed by atoms with Gasteiger partial charge in [-0.2, -0.15) is 4.52 Å². The quantitative estimate of drug-likeness (QED) is 0.576. The summed E-state index contributed by atoms with van der Waals surface area (Å²) in [7, 11) is 0. The number of thiophene rings is 1. The Bertz CT molecular complexity index is 1080. The molecule has 0 fully saturated rings. The second kappa shape index (κ2) is 5.72. The summed E-state index contributed by atoms with van der Waals surface area (Å²) < 4.78 is 2.09. The first kappa shape index (κ1) is 14.3. The maximum absolute atomic E-state index is 12.5. The van der Waals surface area contributed by atoms with Gasteiger partial charge in [0.1, 0.15) is 0 Å². The van der Waals surface area contributed by atoms with Crippen molar-refractivity contribution in [2.24, 2.45) is 0 Å². The first-order chi connectivity index (χ1) is 11.2. The molecule has 114 valence electrons. The molecule has 0 amide bonds. The number of benzene rings is 1. The van der Waals surface area contributed by atoms with Crippen molar-refractivity contribution in [1.29, 1.82) is 0 Å². The largest absolute Gasteiger partial charge is 0.291 e. The molecule has 4 rings (SSSR count). The number of hydrogen-bond acceptors (Lipinski definition) is 5. The molecule has 4 nitrogen and oxygen atoms in total. The van der Waals surface area contributed by atoms with Gasteiger partial charge in [-0.3, -0.25) is 4.79 Å². The second-order valence-electron chi connectivity index (χ2n) is 5.27. The predicted octanol–water partition coefficient (Wildman–Crippen LogP) is 2.66. The minimum absolute atomic E-state index is 0.0930. The van der Waals surface area contributed by atoms with E-state index in [2.05, 4.69) is 16.1 Å². The molecule has 0 spiro atoms. The van der Waals surface area contributed by atoms with Gasteiger partial charge in [0.2, 0.25) is 4.96 Å². The number of fused-ring (bicyclic) bond motifs is 1. The summed E-state index contributed by atoms with van der Waals surface area (Å²) in [6.45, 7) is 2.04. The molecule has 0 atom stereocenters. The molecule has 1 aromatic carbocycles. The highest BCUT2D eigenvalue weighted by molar-refractivity contribution is 7.15. The molecule has 4 aromatic rings. The van der Waals surface area contributed by atoms with Crippen LogP contribution in [0.1, 0.15) is 21.8 Å². The molecule has 0 N–H and O–H groups in total. The molecular formula is C17H13N3OS2. The number of thiazole rings is 1. The standard InChI is InChI=1S/C17H13N3OS2/c1-11-7-8-22-13(11)10-14-16(21)20-17(23-14)18-15(19-20)9-12-5-3-2-4-6-12/h2-8,10H,9H2,1H3/b14-10-. The SMILES string of the molecule is Cc1ccsc1/C=c1\sc2nc(Cc3ccccc3)nn2c1=O. The Morgan fingerprint density at radius 1 is 1.22 bits per heavy atom. The van der Waals surface area contributed by atoms with Gasteiger partial charge in [-0.25, -0.2) is 4.98 Å². The van der Waals surface area contributed by atoms with Crippen LogP contribution in [0.5, 0.6) is 0 Å². The first-order valence-corrected chi connectivity index (χ1v) is 8.88. The van der Waals surface area contributed by atoms with E-state index in [9.17, 15) is 4.79 Å². The Hall–Kier alpha value is -2.31. The van der Waals surface area contributed by atoms with Crippen LogP contribution in [0, 0.1) is 6.92 Å². The van der Waals surface area contributed by atoms with Crippen molar-refractivity contribution in [2.75, 3.05) is 0 Å². The molecule has 0 radical (unpaired) electrons. The Kier molecular flexibility index (Phi) is 3.55. The van der Waals surface area contributed by atoms with Gasteiger partial charge in [0.15, 0.2) is 5.82 Å². The van der Waals surface area contributed by atoms with Gasteiger partial charge in [0, 0.05) is 11.3 Å². The number of hydrogen-bond donors (Lipinski definition) is 0. The van der Waals surface area contributed by atoms with Crippen molar-refractivity contribution in [3.8, 4) is 0 Å². The summed E-state index contributed by atoms with van der Waals surface area (Å²) in [4.78, 5) is 18.7. The number of nitrogens with zero attached hydrogens (tertiary/aromatic N) is 3. The Morgan fingerprint density at radius 2 is 2.04 bits per heavy atom. The van der Waals surface area contributed by atoms with Crippen LogP contribution in [0.25, 0.3) is 11.0 Å². The lowest BCUT2D eigenvalue weighted by molar-refractivity contribution is 0.879. The van der Waals surface area contributed by atoms with E-state index in [0.717, 1.165) is 10.4 Å². The smallest absolute Gasteiger partial charge is 0.266 e. The zero-order valence-corrected chi connectivity index (χ0v) is 14.0. The number of aryl methyl sites for hydroxylation is 1. The minimum atomic E-state index is -0.0930. The molecule has 3 aromatic heterocycles. The average molecular weight is 339 g/mol. The lowest BCUT2D eigenvalue weighted by atomic mass is 10.1. The lowest BCUT2D eigenvalue weighted by Crippen LogP contribution is -2.23. The van der Waals surface area contributed by atoms with E-state index < -0.39 is 0 Å². The van der Waals surface area contributed by atoms with Crippen molar-refractivity contribution in [3.63, 3.8) is 0 Å². The molecule has 0 bridgehead atoms. The minimum Gasteiger partial charge on any atom is -0.266 e. The zero-order valence-electron chi connectivity index (χ0n) is 12.4. The summed E-state index contributed by atoms with van der Waals surface area (Å²) in [5.41, 5.74) is 2.22. The number of aromatic nitrogens is 3. The molecule has 0 saturated carbocycles. The summed E-state index contributed by atoms with van der Waals surface area (Å²) in [6.07, 6.45) is 2.57. The first-order valence-electron chi connectivity index (χ1n) is 7.19. The molecule has 0 aliphatic rings. The maximum Gasteiger partial charge on any atom is 0.291 e. The fraction of sp³-hybridized carbons (Fsp3) is 0.118. The highest BCUT2D eigenvalue weighted by Crippen LogP contribution is 2.16. The molecule has 0 aliphatic carbocycles. The van der Waals surface area contributed by atoms with Crippen molar-refractivity contribution in [2.45, 2.75) is 13.3 Å². The van der Waals surface area contributed by atoms with Crippen LogP contribution in [-0.4, -0.2) is 14.6 Å². The van der Waals surface area contributed by atoms with Crippen LogP contribution >= 0.6 is 22.7 Å². The normalized spacial score (nSPS) is 12.3. The van der Waals surface area contributed by atoms with Gasteiger partial charge < -0.3 is 0 Å². The molecule has 0 aliphatic heterocycles. The third kappa shape index (κ3) is 2.71. The fourth-order valence-corrected chi connectivity index (χ4v) is 4.22. The van der Waals surface area contributed by atoms with Crippen LogP contribution in [0.3, 0.4) is 0 Å². The molecule has 0 saturated heterocycles. The number of rotatable bonds is 3. The van der Waals surface area contributed by atoms with E-state index in [1.165, 1.54) is 21.4 Å². The van der Waals surface area contributed by atoms with Gasteiger partial charge in [0.05, 0.1) is 4.53 Å². The molecule has 0 unspecified atom stereocenters. The predicted molar refractivity (Wildman–Crippen MR) is 94.2 cm³/mol. The average Bonchev–Trinajstić information content (AvgIpc) is 3.20. The second-order valence-corrected chi connectivity index (χ2v) is 7.23. The van der Waals surface area contributed by atoms with Crippen LogP contribution in [-0.2, 0) is 6.42 Å². The van der Waals surface area contributed by atoms with Crippen molar-refractivity contribution < 1.29 is 0 Å². The van der Waals surface area contributed by atoms with E-state index in [4.69, 9.17) is 0 Å². The van der Waals surface area contributed by atoms with E-state index >= 15 is 0 Å². The fourth-order valence-electron chi connectivity index (χ4n) is 2.38. The van der Waals surface area contributed by atoms with Gasteiger partial charge in [-0.15, -0.1) is 16.4 Å². The van der Waals surface area contributed by atoms with E-state index in [-0.39, 0.29) is 5.56 Å². The van der Waals surface area contributed by atoms with Gasteiger partial charge >= 0.3 is 0 Å². The summed E-state index contributed by atoms with van der Waals surface area (Å²) in [5, 5.41) is 6.40. The van der Waals surface area contributed by atoms with Crippen molar-refractivity contribution in [3.05, 3.63) is 78.5 Å². The summed E-state index contributed by atoms with van der Waals surface area (Å²) in [5.74, 6) is 0.679. The van der Waals surface area contributed by atoms with E-state index in [0.29, 0.717) is 21.7 Å². The maximum atomic E-state index is 12.5. The summed E-state index contributed by atoms with van der Waals surface area (Å²) >= 11 is 3.02. The van der Waals surface area contributed by atoms with Crippen LogP contribution < -0.4 is 10.1 Å². The third-order valence-electron chi connectivity index (χ3n) is 3.59. The highest BCUT2D eigenvalue weighted by atomic mass is 32.1. The Balaban J connectivity index is 1.74. The van der Waals surface area contributed by atoms with E-state index in [1.54, 1.807) is 11.3 Å². The van der Waals surface area contributed by atoms with E-state index in [1.807, 2.05) is 48.7 Å². The van der Waals surface area contributed by atoms with Gasteiger partial charge in [0.25, 0.3) is 5.56 Å². The third-order valence-corrected chi connectivity index (χ3v) is 5.52. The van der Waals surface area contributed by atoms with Crippen LogP contribution in [0.4, 0.5) is 0 Å². The molecular weight excluding hydrogens is 326 g/mol. The van der Waals surface area contributed by atoms with Gasteiger partial charge in [-0.1, -0.05) is 41.7 Å². The topological polar surface area (TPSA) is 47.3 Å². The van der Waals surface area contributed by atoms with Crippen LogP contribution in [0.2, 0.25) is 0 Å². The molecule has 23 heavy (non-hydrogen) atoms. The van der Waals surface area contributed by atoms with Crippen LogP contribution in [0.15, 0.2) is 46.6 Å². The Morgan fingerprint density at radius 3 is 2.74 bits per heavy atom. The Labute approximate surface area is 140 Å². The lowest BCUT2D eigenvalue weighted by Gasteiger charge is -1.94. The highest BCUT2D eigenvalue weighted by Gasteiger charge is 2.11.